The van der Waals surface area contributed by atoms with Gasteiger partial charge in [0, 0.05) is 19.9 Å². The molecule has 2 heterocycles. The van der Waals surface area contributed by atoms with Crippen LogP contribution in [0.3, 0.4) is 0 Å². The maximum Gasteiger partial charge on any atom is 0.302 e. The predicted octanol–water partition coefficient (Wildman–Crippen LogP) is -3.07. The Morgan fingerprint density at radius 3 is 2.52 bits per heavy atom. The van der Waals surface area contributed by atoms with Crippen molar-refractivity contribution in [2.75, 3.05) is 26.4 Å². The van der Waals surface area contributed by atoms with Crippen molar-refractivity contribution >= 4 is 5.97 Å². The lowest BCUT2D eigenvalue weighted by atomic mass is 9.95. The fourth-order valence-electron chi connectivity index (χ4n) is 3.09. The molecule has 0 aromatic rings. The van der Waals surface area contributed by atoms with E-state index >= 15 is 0 Å². The van der Waals surface area contributed by atoms with E-state index < -0.39 is 61.2 Å². The zero-order chi connectivity index (χ0) is 21.6. The van der Waals surface area contributed by atoms with Gasteiger partial charge in [-0.2, -0.15) is 4.91 Å². The van der Waals surface area contributed by atoms with Gasteiger partial charge in [-0.3, -0.25) is 4.79 Å². The lowest BCUT2D eigenvalue weighted by Gasteiger charge is -2.43. The lowest BCUT2D eigenvalue weighted by molar-refractivity contribution is -0.340. The van der Waals surface area contributed by atoms with E-state index in [1.807, 2.05) is 0 Å². The number of hydrogen-bond donors (Lipinski definition) is 5. The van der Waals surface area contributed by atoms with E-state index in [9.17, 15) is 25.0 Å². The molecular formula is C16H29N3O10. The molecule has 9 atom stereocenters. The Kier molecular flexibility index (Phi) is 9.26. The van der Waals surface area contributed by atoms with Gasteiger partial charge in [0.15, 0.2) is 18.6 Å². The number of rotatable bonds is 9. The Hall–Kier alpha value is -1.29. The van der Waals surface area contributed by atoms with Gasteiger partial charge in [-0.25, -0.2) is 0 Å². The average molecular weight is 423 g/mol. The molecule has 2 aliphatic rings. The first kappa shape index (κ1) is 24.0. The van der Waals surface area contributed by atoms with Crippen molar-refractivity contribution in [1.29, 1.82) is 0 Å². The maximum absolute atomic E-state index is 11.3. The van der Waals surface area contributed by atoms with E-state index in [0.29, 0.717) is 0 Å². The summed E-state index contributed by atoms with van der Waals surface area (Å²) >= 11 is 0. The highest BCUT2D eigenvalue weighted by Crippen LogP contribution is 2.28. The van der Waals surface area contributed by atoms with Crippen LogP contribution >= 0.6 is 0 Å². The molecule has 29 heavy (non-hydrogen) atoms. The van der Waals surface area contributed by atoms with Gasteiger partial charge in [-0.05, 0) is 0 Å². The van der Waals surface area contributed by atoms with Gasteiger partial charge in [0.1, 0.15) is 24.9 Å². The number of nitroso groups, excluding NO2 is 1. The van der Waals surface area contributed by atoms with E-state index in [2.05, 4.69) is 5.18 Å². The van der Waals surface area contributed by atoms with E-state index in [4.69, 9.17) is 35.2 Å². The van der Waals surface area contributed by atoms with Crippen molar-refractivity contribution in [3.63, 3.8) is 0 Å². The topological polar surface area (TPSA) is 205 Å². The standard InChI is InChI=1S/C16H29N3O10/c1-7(20)26-3-2-25-6-10-14(23)11(18)12(19-24)15(28-10)29-16-13(22)9(21)4-8(5-17)27-16/h8-16,21-23H,2-6,17-18H2,1H3/t8?,9?,10?,11?,12-,13-,14-,15-,16-/m1/s1. The number of nitrogens with zero attached hydrogens (tertiary/aromatic N) is 1. The van der Waals surface area contributed by atoms with E-state index in [0.717, 1.165) is 0 Å². The molecule has 168 valence electrons. The zero-order valence-corrected chi connectivity index (χ0v) is 16.0. The van der Waals surface area contributed by atoms with Gasteiger partial charge in [0.25, 0.3) is 0 Å². The van der Waals surface area contributed by atoms with Crippen LogP contribution in [-0.4, -0.2) is 103 Å². The molecule has 0 radical (unpaired) electrons. The zero-order valence-electron chi connectivity index (χ0n) is 16.0. The van der Waals surface area contributed by atoms with Crippen molar-refractivity contribution in [2.24, 2.45) is 16.6 Å². The van der Waals surface area contributed by atoms with Crippen LogP contribution in [-0.2, 0) is 28.5 Å². The van der Waals surface area contributed by atoms with Crippen LogP contribution in [0.2, 0.25) is 0 Å². The number of ether oxygens (including phenoxy) is 5. The first-order chi connectivity index (χ1) is 13.8. The highest BCUT2D eigenvalue weighted by Gasteiger charge is 2.48. The van der Waals surface area contributed by atoms with Gasteiger partial charge in [0.05, 0.1) is 31.5 Å². The highest BCUT2D eigenvalue weighted by atomic mass is 16.8. The molecule has 13 nitrogen and oxygen atoms in total. The molecule has 13 heteroatoms. The van der Waals surface area contributed by atoms with Crippen LogP contribution in [0.4, 0.5) is 0 Å². The molecule has 0 amide bonds. The van der Waals surface area contributed by atoms with Crippen molar-refractivity contribution < 1.29 is 43.8 Å². The molecule has 0 aromatic carbocycles. The molecule has 0 aliphatic carbocycles. The largest absolute Gasteiger partial charge is 0.463 e. The van der Waals surface area contributed by atoms with Crippen molar-refractivity contribution in [1.82, 2.24) is 0 Å². The van der Waals surface area contributed by atoms with Crippen LogP contribution in [0.25, 0.3) is 0 Å². The highest BCUT2D eigenvalue weighted by molar-refractivity contribution is 5.65. The number of nitrogens with two attached hydrogens (primary N) is 2. The summed E-state index contributed by atoms with van der Waals surface area (Å²) in [6, 6.07) is -2.43. The summed E-state index contributed by atoms with van der Waals surface area (Å²) in [4.78, 5) is 22.0. The van der Waals surface area contributed by atoms with Crippen LogP contribution in [0, 0.1) is 4.91 Å². The summed E-state index contributed by atoms with van der Waals surface area (Å²) < 4.78 is 26.6. The second-order valence-corrected chi connectivity index (χ2v) is 6.91. The molecule has 0 spiro atoms. The molecule has 2 aliphatic heterocycles. The normalized spacial score (nSPS) is 40.4. The number of esters is 1. The van der Waals surface area contributed by atoms with E-state index in [-0.39, 0.29) is 32.8 Å². The van der Waals surface area contributed by atoms with Gasteiger partial charge in [0.2, 0.25) is 0 Å². The smallest absolute Gasteiger partial charge is 0.302 e. The molecule has 0 bridgehead atoms. The molecule has 7 N–H and O–H groups in total. The Morgan fingerprint density at radius 2 is 1.90 bits per heavy atom. The van der Waals surface area contributed by atoms with Gasteiger partial charge < -0.3 is 50.5 Å². The minimum atomic E-state index is -1.41. The van der Waals surface area contributed by atoms with Crippen molar-refractivity contribution in [3.05, 3.63) is 4.91 Å². The average Bonchev–Trinajstić information content (AvgIpc) is 2.68. The van der Waals surface area contributed by atoms with Crippen LogP contribution < -0.4 is 11.5 Å². The third kappa shape index (κ3) is 6.34. The second kappa shape index (κ2) is 11.2. The van der Waals surface area contributed by atoms with Gasteiger partial charge >= 0.3 is 5.97 Å². The number of hydrogen-bond acceptors (Lipinski definition) is 13. The summed E-state index contributed by atoms with van der Waals surface area (Å²) in [6.45, 7) is 1.28. The first-order valence-electron chi connectivity index (χ1n) is 9.28. The number of aliphatic hydroxyl groups is 3. The van der Waals surface area contributed by atoms with E-state index in [1.54, 1.807) is 0 Å². The van der Waals surface area contributed by atoms with Crippen molar-refractivity contribution in [2.45, 2.75) is 68.5 Å². The molecule has 2 saturated heterocycles. The molecule has 2 fully saturated rings. The molecule has 0 saturated carbocycles. The monoisotopic (exact) mass is 423 g/mol. The fraction of sp³-hybridized carbons (Fsp3) is 0.938. The minimum absolute atomic E-state index is 0.0170. The summed E-state index contributed by atoms with van der Waals surface area (Å²) in [6.07, 6.45) is -7.97. The minimum Gasteiger partial charge on any atom is -0.463 e. The number of carbonyl (C=O) groups is 1. The maximum atomic E-state index is 11.3. The second-order valence-electron chi connectivity index (χ2n) is 6.91. The van der Waals surface area contributed by atoms with Gasteiger partial charge in [-0.1, -0.05) is 5.18 Å². The van der Waals surface area contributed by atoms with Crippen LogP contribution in [0.15, 0.2) is 5.18 Å². The number of aliphatic hydroxyl groups excluding tert-OH is 3. The Bertz CT molecular complexity index is 541. The molecule has 4 unspecified atom stereocenters. The fourth-order valence-corrected chi connectivity index (χ4v) is 3.09. The summed E-state index contributed by atoms with van der Waals surface area (Å²) in [5.41, 5.74) is 11.4. The van der Waals surface area contributed by atoms with Crippen LogP contribution in [0.5, 0.6) is 0 Å². The molecule has 0 aromatic heterocycles. The summed E-state index contributed by atoms with van der Waals surface area (Å²) in [5.74, 6) is -0.457. The first-order valence-corrected chi connectivity index (χ1v) is 9.28. The van der Waals surface area contributed by atoms with Crippen LogP contribution in [0.1, 0.15) is 13.3 Å². The predicted molar refractivity (Wildman–Crippen MR) is 95.1 cm³/mol. The van der Waals surface area contributed by atoms with Crippen molar-refractivity contribution in [3.8, 4) is 0 Å². The van der Waals surface area contributed by atoms with E-state index in [1.165, 1.54) is 6.92 Å². The third-order valence-corrected chi connectivity index (χ3v) is 4.73. The number of carbonyl (C=O) groups excluding carboxylic acids is 1. The lowest BCUT2D eigenvalue weighted by Crippen LogP contribution is -2.63. The molecule has 2 rings (SSSR count). The Labute approximate surface area is 167 Å². The van der Waals surface area contributed by atoms with Gasteiger partial charge in [-0.15, -0.1) is 0 Å². The Balaban J connectivity index is 1.98. The summed E-state index contributed by atoms with van der Waals surface area (Å²) in [5, 5.41) is 33.2. The summed E-state index contributed by atoms with van der Waals surface area (Å²) in [7, 11) is 0. The molecular weight excluding hydrogens is 394 g/mol. The third-order valence-electron chi connectivity index (χ3n) is 4.73. The Morgan fingerprint density at radius 1 is 1.17 bits per heavy atom. The SMILES string of the molecule is CC(=O)OCCOCC1O[C@H](O[C@H]2OC(CN)CC(O)[C@H]2O)[C@H](N=O)C(N)[C@@H]1O. The quantitative estimate of drug-likeness (QED) is 0.142.